The molecular formula is C21H27N5O4. The van der Waals surface area contributed by atoms with Crippen LogP contribution in [0.4, 0.5) is 11.6 Å². The van der Waals surface area contributed by atoms with E-state index < -0.39 is 0 Å². The average Bonchev–Trinajstić information content (AvgIpc) is 3.32. The number of carbonyl (C=O) groups is 1. The zero-order chi connectivity index (χ0) is 21.1. The fraction of sp³-hybridized carbons (Fsp3) is 0.476. The number of benzene rings is 1. The molecule has 1 aromatic heterocycles. The Morgan fingerprint density at radius 1 is 1.13 bits per heavy atom. The Balaban J connectivity index is 1.41. The van der Waals surface area contributed by atoms with Crippen LogP contribution in [0, 0.1) is 0 Å². The first-order chi connectivity index (χ1) is 14.5. The normalized spacial score (nSPS) is 25.0. The van der Waals surface area contributed by atoms with Crippen LogP contribution in [-0.2, 0) is 19.0 Å². The molecule has 4 unspecified atom stereocenters. The summed E-state index contributed by atoms with van der Waals surface area (Å²) in [5.41, 5.74) is 2.99. The molecule has 0 bridgehead atoms. The first-order valence-corrected chi connectivity index (χ1v) is 9.94. The summed E-state index contributed by atoms with van der Waals surface area (Å²) in [4.78, 5) is 22.9. The van der Waals surface area contributed by atoms with Gasteiger partial charge >= 0.3 is 0 Å². The number of methoxy groups -OCH3 is 1. The van der Waals surface area contributed by atoms with Crippen LogP contribution in [0.1, 0.15) is 0 Å². The van der Waals surface area contributed by atoms with Gasteiger partial charge in [-0.2, -0.15) is 0 Å². The third-order valence-electron chi connectivity index (χ3n) is 5.32. The summed E-state index contributed by atoms with van der Waals surface area (Å²) >= 11 is 0. The van der Waals surface area contributed by atoms with Crippen molar-refractivity contribution in [3.8, 4) is 11.3 Å². The Kier molecular flexibility index (Phi) is 6.12. The number of anilines is 2. The van der Waals surface area contributed by atoms with Gasteiger partial charge in [0.1, 0.15) is 18.8 Å². The van der Waals surface area contributed by atoms with Gasteiger partial charge in [0, 0.05) is 38.7 Å². The number of ether oxygens (including phenoxy) is 3. The van der Waals surface area contributed by atoms with E-state index in [1.807, 2.05) is 32.3 Å². The number of carbonyl (C=O) groups excluding carboxylic acids is 1. The molecule has 2 aliphatic heterocycles. The van der Waals surface area contributed by atoms with Crippen molar-refractivity contribution < 1.29 is 19.0 Å². The van der Waals surface area contributed by atoms with E-state index >= 15 is 0 Å². The quantitative estimate of drug-likeness (QED) is 0.692. The van der Waals surface area contributed by atoms with Gasteiger partial charge in [-0.15, -0.1) is 0 Å². The van der Waals surface area contributed by atoms with Crippen LogP contribution in [0.2, 0.25) is 0 Å². The Labute approximate surface area is 175 Å². The minimum Gasteiger partial charge on any atom is -0.378 e. The lowest BCUT2D eigenvalue weighted by atomic mass is 10.1. The monoisotopic (exact) mass is 413 g/mol. The molecule has 2 aliphatic rings. The van der Waals surface area contributed by atoms with Crippen LogP contribution in [-0.4, -0.2) is 81.2 Å². The standard InChI is InChI=1S/C21H27N5O4/c1-26(2)14-6-4-13(5-7-14)15-8-9-22-21(24-15)25-17-11-30-19-16(10-29-20(17)19)23-18(27)12-28-3/h4-9,16-17,19-20H,10-12H2,1-3H3,(H,23,27)(H,22,24,25). The van der Waals surface area contributed by atoms with E-state index in [2.05, 4.69) is 37.6 Å². The molecule has 160 valence electrons. The highest BCUT2D eigenvalue weighted by Gasteiger charge is 2.48. The van der Waals surface area contributed by atoms with Crippen LogP contribution >= 0.6 is 0 Å². The van der Waals surface area contributed by atoms with Gasteiger partial charge in [-0.3, -0.25) is 4.79 Å². The molecule has 4 atom stereocenters. The van der Waals surface area contributed by atoms with Crippen LogP contribution in [0.15, 0.2) is 36.5 Å². The minimum absolute atomic E-state index is 0.0196. The molecule has 3 heterocycles. The van der Waals surface area contributed by atoms with Gasteiger partial charge in [0.15, 0.2) is 0 Å². The van der Waals surface area contributed by atoms with E-state index in [9.17, 15) is 4.79 Å². The summed E-state index contributed by atoms with van der Waals surface area (Å²) < 4.78 is 16.7. The second-order valence-corrected chi connectivity index (χ2v) is 7.66. The summed E-state index contributed by atoms with van der Waals surface area (Å²) in [6, 6.07) is 9.82. The summed E-state index contributed by atoms with van der Waals surface area (Å²) in [6.07, 6.45) is 1.36. The number of fused-ring (bicyclic) bond motifs is 1. The number of amides is 1. The average molecular weight is 413 g/mol. The van der Waals surface area contributed by atoms with Crippen LogP contribution in [0.5, 0.6) is 0 Å². The second-order valence-electron chi connectivity index (χ2n) is 7.66. The Morgan fingerprint density at radius 2 is 1.83 bits per heavy atom. The molecule has 9 heteroatoms. The smallest absolute Gasteiger partial charge is 0.246 e. The number of nitrogens with zero attached hydrogens (tertiary/aromatic N) is 3. The zero-order valence-corrected chi connectivity index (χ0v) is 17.4. The number of rotatable bonds is 7. The van der Waals surface area contributed by atoms with Crippen molar-refractivity contribution in [3.63, 3.8) is 0 Å². The van der Waals surface area contributed by atoms with Crippen LogP contribution < -0.4 is 15.5 Å². The van der Waals surface area contributed by atoms with E-state index in [1.54, 1.807) is 6.20 Å². The maximum atomic E-state index is 11.8. The predicted molar refractivity (Wildman–Crippen MR) is 112 cm³/mol. The molecule has 0 radical (unpaired) electrons. The molecular weight excluding hydrogens is 386 g/mol. The zero-order valence-electron chi connectivity index (χ0n) is 17.4. The van der Waals surface area contributed by atoms with E-state index in [-0.39, 0.29) is 36.8 Å². The third kappa shape index (κ3) is 4.38. The SMILES string of the molecule is COCC(=O)NC1COC2C(Nc3nccc(-c4ccc(N(C)C)cc4)n3)COC12. The first-order valence-electron chi connectivity index (χ1n) is 9.94. The van der Waals surface area contributed by atoms with Gasteiger partial charge in [0.25, 0.3) is 0 Å². The summed E-state index contributed by atoms with van der Waals surface area (Å²) in [5, 5.41) is 6.24. The molecule has 2 fully saturated rings. The fourth-order valence-corrected chi connectivity index (χ4v) is 3.81. The van der Waals surface area contributed by atoms with Crippen LogP contribution in [0.25, 0.3) is 11.3 Å². The number of nitrogens with one attached hydrogen (secondary N) is 2. The van der Waals surface area contributed by atoms with Gasteiger partial charge in [0.05, 0.1) is 31.0 Å². The Bertz CT molecular complexity index is 876. The van der Waals surface area contributed by atoms with Gasteiger partial charge in [-0.1, -0.05) is 12.1 Å². The second kappa shape index (κ2) is 8.95. The van der Waals surface area contributed by atoms with Gasteiger partial charge < -0.3 is 29.7 Å². The maximum absolute atomic E-state index is 11.8. The molecule has 1 aromatic carbocycles. The molecule has 1 amide bonds. The largest absolute Gasteiger partial charge is 0.378 e. The molecule has 2 aromatic rings. The maximum Gasteiger partial charge on any atom is 0.246 e. The summed E-state index contributed by atoms with van der Waals surface area (Å²) in [7, 11) is 5.51. The highest BCUT2D eigenvalue weighted by atomic mass is 16.6. The van der Waals surface area contributed by atoms with Crippen molar-refractivity contribution >= 4 is 17.5 Å². The summed E-state index contributed by atoms with van der Waals surface area (Å²) in [5.74, 6) is 0.344. The lowest BCUT2D eigenvalue weighted by Gasteiger charge is -2.18. The molecule has 4 rings (SSSR count). The third-order valence-corrected chi connectivity index (χ3v) is 5.32. The molecule has 0 spiro atoms. The van der Waals surface area contributed by atoms with Crippen molar-refractivity contribution in [2.24, 2.45) is 0 Å². The molecule has 0 saturated carbocycles. The van der Waals surface area contributed by atoms with E-state index in [4.69, 9.17) is 14.2 Å². The predicted octanol–water partition coefficient (Wildman–Crippen LogP) is 0.919. The van der Waals surface area contributed by atoms with E-state index in [1.165, 1.54) is 7.11 Å². The van der Waals surface area contributed by atoms with Gasteiger partial charge in [0.2, 0.25) is 11.9 Å². The number of aromatic nitrogens is 2. The number of hydrogen-bond donors (Lipinski definition) is 2. The Morgan fingerprint density at radius 3 is 2.53 bits per heavy atom. The topological polar surface area (TPSA) is 97.8 Å². The highest BCUT2D eigenvalue weighted by Crippen LogP contribution is 2.29. The van der Waals surface area contributed by atoms with E-state index in [0.717, 1.165) is 16.9 Å². The molecule has 30 heavy (non-hydrogen) atoms. The van der Waals surface area contributed by atoms with Gasteiger partial charge in [-0.25, -0.2) is 9.97 Å². The summed E-state index contributed by atoms with van der Waals surface area (Å²) in [6.45, 7) is 0.880. The molecule has 2 N–H and O–H groups in total. The molecule has 2 saturated heterocycles. The highest BCUT2D eigenvalue weighted by molar-refractivity contribution is 5.77. The van der Waals surface area contributed by atoms with Crippen molar-refractivity contribution in [1.29, 1.82) is 0 Å². The molecule has 9 nitrogen and oxygen atoms in total. The first kappa shape index (κ1) is 20.5. The lowest BCUT2D eigenvalue weighted by molar-refractivity contribution is -0.126. The minimum atomic E-state index is -0.204. The number of hydrogen-bond acceptors (Lipinski definition) is 8. The van der Waals surface area contributed by atoms with E-state index in [0.29, 0.717) is 19.2 Å². The van der Waals surface area contributed by atoms with Crippen molar-refractivity contribution in [2.45, 2.75) is 24.3 Å². The van der Waals surface area contributed by atoms with Crippen molar-refractivity contribution in [2.75, 3.05) is 51.2 Å². The van der Waals surface area contributed by atoms with Gasteiger partial charge in [-0.05, 0) is 18.2 Å². The lowest BCUT2D eigenvalue weighted by Crippen LogP contribution is -2.45. The van der Waals surface area contributed by atoms with Crippen LogP contribution in [0.3, 0.4) is 0 Å². The van der Waals surface area contributed by atoms with Crippen molar-refractivity contribution in [1.82, 2.24) is 15.3 Å². The Hall–Kier alpha value is -2.75. The van der Waals surface area contributed by atoms with Crippen molar-refractivity contribution in [3.05, 3.63) is 36.5 Å². The fourth-order valence-electron chi connectivity index (χ4n) is 3.81. The molecule has 0 aliphatic carbocycles.